The highest BCUT2D eigenvalue weighted by atomic mass is 16.6. The Morgan fingerprint density at radius 3 is 2.50 bits per heavy atom. The summed E-state index contributed by atoms with van der Waals surface area (Å²) in [5.41, 5.74) is -1.26. The standard InChI is InChI=1S/C21H28N4O7/c1-7-31-19(27)16-17(23-12(2)11-22-20(28)32-21(3,4)5)14-10-13(25(29)30)8-9-15(14)24(6)18(16)26/h8-10,12,23H,7,11H2,1-6H3,(H,22,28). The van der Waals surface area contributed by atoms with Gasteiger partial charge in [0.2, 0.25) is 0 Å². The molecule has 1 aromatic heterocycles. The molecule has 0 radical (unpaired) electrons. The molecular formula is C21H28N4O7. The summed E-state index contributed by atoms with van der Waals surface area (Å²) in [6, 6.07) is 3.54. The predicted octanol–water partition coefficient (Wildman–Crippen LogP) is 2.95. The molecule has 0 fully saturated rings. The fourth-order valence-electron chi connectivity index (χ4n) is 3.04. The van der Waals surface area contributed by atoms with Gasteiger partial charge in [-0.1, -0.05) is 0 Å². The first-order chi connectivity index (χ1) is 14.9. The number of benzene rings is 1. The van der Waals surface area contributed by atoms with Gasteiger partial charge in [-0.3, -0.25) is 14.9 Å². The normalized spacial score (nSPS) is 12.2. The van der Waals surface area contributed by atoms with Crippen molar-refractivity contribution in [2.45, 2.75) is 46.3 Å². The summed E-state index contributed by atoms with van der Waals surface area (Å²) in [6.45, 7) is 8.67. The van der Waals surface area contributed by atoms with Crippen LogP contribution in [0.15, 0.2) is 23.0 Å². The maximum Gasteiger partial charge on any atom is 0.407 e. The number of nitrogens with zero attached hydrogens (tertiary/aromatic N) is 2. The molecule has 174 valence electrons. The van der Waals surface area contributed by atoms with E-state index in [0.29, 0.717) is 10.9 Å². The van der Waals surface area contributed by atoms with Gasteiger partial charge in [0.05, 0.1) is 22.7 Å². The molecule has 2 N–H and O–H groups in total. The first kappa shape index (κ1) is 24.6. The Kier molecular flexibility index (Phi) is 7.44. The van der Waals surface area contributed by atoms with E-state index in [1.165, 1.54) is 29.8 Å². The van der Waals surface area contributed by atoms with Gasteiger partial charge < -0.3 is 24.7 Å². The molecule has 0 spiro atoms. The number of aromatic nitrogens is 1. The van der Waals surface area contributed by atoms with Crippen LogP contribution < -0.4 is 16.2 Å². The van der Waals surface area contributed by atoms with Crippen LogP contribution in [0.2, 0.25) is 0 Å². The molecule has 0 aliphatic carbocycles. The molecule has 0 saturated carbocycles. The third kappa shape index (κ3) is 5.74. The van der Waals surface area contributed by atoms with E-state index in [1.807, 2.05) is 0 Å². The number of pyridine rings is 1. The Morgan fingerprint density at radius 2 is 1.94 bits per heavy atom. The summed E-state index contributed by atoms with van der Waals surface area (Å²) in [7, 11) is 1.47. The molecule has 1 unspecified atom stereocenters. The zero-order valence-corrected chi connectivity index (χ0v) is 19.0. The van der Waals surface area contributed by atoms with E-state index >= 15 is 0 Å². The van der Waals surface area contributed by atoms with E-state index in [1.54, 1.807) is 34.6 Å². The van der Waals surface area contributed by atoms with Crippen molar-refractivity contribution in [3.8, 4) is 0 Å². The highest BCUT2D eigenvalue weighted by Gasteiger charge is 2.25. The third-order valence-electron chi connectivity index (χ3n) is 4.41. The zero-order valence-electron chi connectivity index (χ0n) is 19.0. The van der Waals surface area contributed by atoms with Crippen molar-refractivity contribution in [3.63, 3.8) is 0 Å². The Balaban J connectivity index is 2.52. The van der Waals surface area contributed by atoms with Crippen LogP contribution in [-0.4, -0.2) is 46.3 Å². The van der Waals surface area contributed by atoms with Crippen LogP contribution in [0.5, 0.6) is 0 Å². The fraction of sp³-hybridized carbons (Fsp3) is 0.476. The summed E-state index contributed by atoms with van der Waals surface area (Å²) in [6.07, 6.45) is -0.624. The topological polar surface area (TPSA) is 142 Å². The number of hydrogen-bond acceptors (Lipinski definition) is 8. The van der Waals surface area contributed by atoms with Crippen LogP contribution in [0, 0.1) is 10.1 Å². The lowest BCUT2D eigenvalue weighted by molar-refractivity contribution is -0.384. The number of non-ortho nitro benzene ring substituents is 1. The molecule has 0 bridgehead atoms. The smallest absolute Gasteiger partial charge is 0.407 e. The van der Waals surface area contributed by atoms with Crippen molar-refractivity contribution in [1.29, 1.82) is 0 Å². The van der Waals surface area contributed by atoms with E-state index < -0.39 is 34.2 Å². The Bertz CT molecular complexity index is 1100. The van der Waals surface area contributed by atoms with Gasteiger partial charge in [-0.05, 0) is 40.7 Å². The summed E-state index contributed by atoms with van der Waals surface area (Å²) in [5, 5.41) is 17.2. The summed E-state index contributed by atoms with van der Waals surface area (Å²) < 4.78 is 11.5. The molecule has 32 heavy (non-hydrogen) atoms. The monoisotopic (exact) mass is 448 g/mol. The summed E-state index contributed by atoms with van der Waals surface area (Å²) >= 11 is 0. The van der Waals surface area contributed by atoms with E-state index in [0.717, 1.165) is 0 Å². The third-order valence-corrected chi connectivity index (χ3v) is 4.41. The van der Waals surface area contributed by atoms with Crippen LogP contribution in [0.3, 0.4) is 0 Å². The van der Waals surface area contributed by atoms with Crippen LogP contribution >= 0.6 is 0 Å². The number of fused-ring (bicyclic) bond motifs is 1. The molecule has 11 nitrogen and oxygen atoms in total. The van der Waals surface area contributed by atoms with Gasteiger partial charge in [0.15, 0.2) is 0 Å². The molecule has 11 heteroatoms. The lowest BCUT2D eigenvalue weighted by atomic mass is 10.1. The van der Waals surface area contributed by atoms with E-state index in [2.05, 4.69) is 10.6 Å². The van der Waals surface area contributed by atoms with Crippen molar-refractivity contribution in [2.24, 2.45) is 7.05 Å². The van der Waals surface area contributed by atoms with Crippen molar-refractivity contribution in [1.82, 2.24) is 9.88 Å². The van der Waals surface area contributed by atoms with Gasteiger partial charge in [-0.25, -0.2) is 9.59 Å². The number of anilines is 1. The molecule has 1 heterocycles. The minimum absolute atomic E-state index is 0.0458. The Hall–Kier alpha value is -3.63. The summed E-state index contributed by atoms with van der Waals surface area (Å²) in [4.78, 5) is 48.2. The lowest BCUT2D eigenvalue weighted by Gasteiger charge is -2.23. The molecule has 1 amide bonds. The minimum Gasteiger partial charge on any atom is -0.462 e. The van der Waals surface area contributed by atoms with Crippen molar-refractivity contribution in [2.75, 3.05) is 18.5 Å². The highest BCUT2D eigenvalue weighted by Crippen LogP contribution is 2.29. The maximum absolute atomic E-state index is 12.9. The number of nitro benzene ring substituents is 1. The molecule has 2 aromatic rings. The lowest BCUT2D eigenvalue weighted by Crippen LogP contribution is -2.39. The number of carbonyl (C=O) groups excluding carboxylic acids is 2. The van der Waals surface area contributed by atoms with Crippen molar-refractivity contribution >= 4 is 34.3 Å². The molecule has 2 rings (SSSR count). The van der Waals surface area contributed by atoms with Crippen LogP contribution in [0.1, 0.15) is 45.0 Å². The molecule has 0 aliphatic heterocycles. The first-order valence-electron chi connectivity index (χ1n) is 10.1. The second kappa shape index (κ2) is 9.67. The van der Waals surface area contributed by atoms with Gasteiger partial charge in [0.25, 0.3) is 11.2 Å². The van der Waals surface area contributed by atoms with Gasteiger partial charge in [-0.2, -0.15) is 0 Å². The van der Waals surface area contributed by atoms with Gasteiger partial charge >= 0.3 is 12.1 Å². The van der Waals surface area contributed by atoms with Gasteiger partial charge in [-0.15, -0.1) is 0 Å². The second-order valence-electron chi connectivity index (χ2n) is 8.22. The van der Waals surface area contributed by atoms with E-state index in [9.17, 15) is 24.5 Å². The molecule has 0 aliphatic rings. The fourth-order valence-corrected chi connectivity index (χ4v) is 3.04. The zero-order chi connectivity index (χ0) is 24.2. The Labute approximate surface area is 184 Å². The van der Waals surface area contributed by atoms with Crippen molar-refractivity contribution < 1.29 is 24.0 Å². The van der Waals surface area contributed by atoms with Gasteiger partial charge in [0.1, 0.15) is 11.2 Å². The molecule has 1 aromatic carbocycles. The summed E-state index contributed by atoms with van der Waals surface area (Å²) in [5.74, 6) is -0.851. The second-order valence-corrected chi connectivity index (χ2v) is 8.22. The largest absolute Gasteiger partial charge is 0.462 e. The van der Waals surface area contributed by atoms with Crippen LogP contribution in [-0.2, 0) is 16.5 Å². The van der Waals surface area contributed by atoms with E-state index in [4.69, 9.17) is 9.47 Å². The number of nitro groups is 1. The quantitative estimate of drug-likeness (QED) is 0.374. The molecular weight excluding hydrogens is 420 g/mol. The number of hydrogen-bond donors (Lipinski definition) is 2. The van der Waals surface area contributed by atoms with Crippen molar-refractivity contribution in [3.05, 3.63) is 44.2 Å². The van der Waals surface area contributed by atoms with Gasteiger partial charge in [0, 0.05) is 37.2 Å². The maximum atomic E-state index is 12.9. The average Bonchev–Trinajstić information content (AvgIpc) is 2.68. The average molecular weight is 448 g/mol. The first-order valence-corrected chi connectivity index (χ1v) is 10.1. The van der Waals surface area contributed by atoms with Crippen LogP contribution in [0.4, 0.5) is 16.2 Å². The number of rotatable bonds is 7. The minimum atomic E-state index is -0.851. The number of aryl methyl sites for hydroxylation is 1. The van der Waals surface area contributed by atoms with E-state index in [-0.39, 0.29) is 30.1 Å². The molecule has 0 saturated heterocycles. The SMILES string of the molecule is CCOC(=O)c1c(NC(C)CNC(=O)OC(C)(C)C)c2cc([N+](=O)[O-])ccc2n(C)c1=O. The number of amides is 1. The number of ether oxygens (including phenoxy) is 2. The number of esters is 1. The number of alkyl carbamates (subject to hydrolysis) is 1. The molecule has 1 atom stereocenters. The van der Waals surface area contributed by atoms with Crippen LogP contribution in [0.25, 0.3) is 10.9 Å². The number of nitrogens with one attached hydrogen (secondary N) is 2. The number of carbonyl (C=O) groups is 2. The highest BCUT2D eigenvalue weighted by molar-refractivity contribution is 6.05. The predicted molar refractivity (Wildman–Crippen MR) is 119 cm³/mol. The Morgan fingerprint density at radius 1 is 1.28 bits per heavy atom.